The summed E-state index contributed by atoms with van der Waals surface area (Å²) in [6.07, 6.45) is 1.54. The van der Waals surface area contributed by atoms with Crippen molar-refractivity contribution in [3.05, 3.63) is 59.7 Å². The minimum absolute atomic E-state index is 0.0828. The Morgan fingerprint density at radius 3 is 2.59 bits per heavy atom. The fourth-order valence-corrected chi connectivity index (χ4v) is 3.25. The molecule has 0 radical (unpaired) electrons. The normalized spacial score (nSPS) is 15.5. The Labute approximate surface area is 171 Å². The van der Waals surface area contributed by atoms with E-state index < -0.39 is 0 Å². The molecule has 0 unspecified atom stereocenters. The van der Waals surface area contributed by atoms with Gasteiger partial charge in [-0.3, -0.25) is 14.6 Å². The van der Waals surface area contributed by atoms with Crippen molar-refractivity contribution in [2.75, 3.05) is 39.3 Å². The summed E-state index contributed by atoms with van der Waals surface area (Å²) >= 11 is 0. The lowest BCUT2D eigenvalue weighted by atomic mass is 10.2. The van der Waals surface area contributed by atoms with E-state index in [1.54, 1.807) is 18.2 Å². The van der Waals surface area contributed by atoms with E-state index in [1.807, 2.05) is 13.0 Å². The largest absolute Gasteiger partial charge is 0.504 e. The number of hydrogen-bond acceptors (Lipinski definition) is 6. The highest BCUT2D eigenvalue weighted by atomic mass is 16.5. The number of phenolic OH excluding ortho intramolecular Hbond substituents is 1. The summed E-state index contributed by atoms with van der Waals surface area (Å²) in [5.74, 6) is 0.345. The second kappa shape index (κ2) is 10.6. The molecular weight excluding hydrogens is 368 g/mol. The van der Waals surface area contributed by atoms with Gasteiger partial charge in [0, 0.05) is 32.7 Å². The van der Waals surface area contributed by atoms with Crippen LogP contribution in [0.1, 0.15) is 18.1 Å². The molecule has 1 aliphatic heterocycles. The fraction of sp³-hybridized carbons (Fsp3) is 0.364. The number of benzene rings is 2. The number of amides is 1. The quantitative estimate of drug-likeness (QED) is 0.528. The van der Waals surface area contributed by atoms with Crippen molar-refractivity contribution in [2.24, 2.45) is 5.10 Å². The molecule has 0 aromatic heterocycles. The van der Waals surface area contributed by atoms with Crippen LogP contribution in [0.4, 0.5) is 0 Å². The number of nitrogens with zero attached hydrogens (tertiary/aromatic N) is 3. The van der Waals surface area contributed by atoms with Gasteiger partial charge in [-0.1, -0.05) is 30.3 Å². The first-order valence-corrected chi connectivity index (χ1v) is 9.90. The van der Waals surface area contributed by atoms with Crippen LogP contribution < -0.4 is 10.2 Å². The maximum absolute atomic E-state index is 12.2. The monoisotopic (exact) mass is 396 g/mol. The van der Waals surface area contributed by atoms with Gasteiger partial charge in [-0.2, -0.15) is 5.10 Å². The predicted octanol–water partition coefficient (Wildman–Crippen LogP) is 2.06. The van der Waals surface area contributed by atoms with Gasteiger partial charge in [-0.25, -0.2) is 5.43 Å². The third-order valence-electron chi connectivity index (χ3n) is 4.77. The van der Waals surface area contributed by atoms with Gasteiger partial charge in [0.15, 0.2) is 11.5 Å². The molecule has 1 aliphatic rings. The molecule has 2 aromatic carbocycles. The van der Waals surface area contributed by atoms with Crippen LogP contribution in [0.15, 0.2) is 53.6 Å². The number of hydrazone groups is 1. The van der Waals surface area contributed by atoms with E-state index in [2.05, 4.69) is 44.6 Å². The molecule has 1 fully saturated rings. The van der Waals surface area contributed by atoms with Crippen molar-refractivity contribution in [1.82, 2.24) is 15.2 Å². The Kier molecular flexibility index (Phi) is 7.61. The third-order valence-corrected chi connectivity index (χ3v) is 4.77. The van der Waals surface area contributed by atoms with Crippen molar-refractivity contribution in [3.8, 4) is 11.5 Å². The predicted molar refractivity (Wildman–Crippen MR) is 113 cm³/mol. The molecule has 1 heterocycles. The molecule has 1 amide bonds. The van der Waals surface area contributed by atoms with Crippen LogP contribution in [0.5, 0.6) is 11.5 Å². The number of carbonyl (C=O) groups is 1. The minimum Gasteiger partial charge on any atom is -0.504 e. The Morgan fingerprint density at radius 1 is 1.14 bits per heavy atom. The Morgan fingerprint density at radius 2 is 1.86 bits per heavy atom. The van der Waals surface area contributed by atoms with E-state index in [1.165, 1.54) is 11.8 Å². The highest BCUT2D eigenvalue weighted by Gasteiger charge is 2.18. The Bertz CT molecular complexity index is 818. The molecule has 0 aliphatic carbocycles. The van der Waals surface area contributed by atoms with Crippen molar-refractivity contribution >= 4 is 12.1 Å². The van der Waals surface area contributed by atoms with Gasteiger partial charge in [-0.15, -0.1) is 0 Å². The number of aromatic hydroxyl groups is 1. The van der Waals surface area contributed by atoms with Crippen molar-refractivity contribution in [1.29, 1.82) is 0 Å². The maximum Gasteiger partial charge on any atom is 0.254 e. The van der Waals surface area contributed by atoms with Gasteiger partial charge in [0.05, 0.1) is 19.4 Å². The molecule has 0 bridgehead atoms. The second-order valence-electron chi connectivity index (χ2n) is 6.99. The van der Waals surface area contributed by atoms with Crippen LogP contribution >= 0.6 is 0 Å². The van der Waals surface area contributed by atoms with Crippen LogP contribution in [0, 0.1) is 0 Å². The van der Waals surface area contributed by atoms with E-state index in [4.69, 9.17) is 4.74 Å². The topological polar surface area (TPSA) is 77.4 Å². The minimum atomic E-state index is -0.137. The first-order valence-electron chi connectivity index (χ1n) is 9.90. The molecule has 1 saturated heterocycles. The van der Waals surface area contributed by atoms with E-state index >= 15 is 0 Å². The second-order valence-corrected chi connectivity index (χ2v) is 6.99. The van der Waals surface area contributed by atoms with E-state index in [0.717, 1.165) is 38.3 Å². The number of phenols is 1. The van der Waals surface area contributed by atoms with Crippen molar-refractivity contribution < 1.29 is 14.6 Å². The summed E-state index contributed by atoms with van der Waals surface area (Å²) in [6, 6.07) is 15.4. The SMILES string of the molecule is CCOc1cc(C=NNC(=O)CN2CCN(Cc3ccccc3)CC2)ccc1O. The lowest BCUT2D eigenvalue weighted by Crippen LogP contribution is -2.48. The van der Waals surface area contributed by atoms with Crippen LogP contribution in [-0.2, 0) is 11.3 Å². The molecule has 2 aromatic rings. The summed E-state index contributed by atoms with van der Waals surface area (Å²) in [4.78, 5) is 16.7. The average molecular weight is 396 g/mol. The van der Waals surface area contributed by atoms with Crippen LogP contribution in [0.25, 0.3) is 0 Å². The number of ether oxygens (including phenoxy) is 1. The molecule has 3 rings (SSSR count). The fourth-order valence-electron chi connectivity index (χ4n) is 3.25. The summed E-state index contributed by atoms with van der Waals surface area (Å²) in [5, 5.41) is 13.7. The highest BCUT2D eigenvalue weighted by molar-refractivity contribution is 5.83. The summed E-state index contributed by atoms with van der Waals surface area (Å²) < 4.78 is 5.34. The lowest BCUT2D eigenvalue weighted by molar-refractivity contribution is -0.122. The molecule has 0 saturated carbocycles. The lowest BCUT2D eigenvalue weighted by Gasteiger charge is -2.34. The first-order chi connectivity index (χ1) is 14.1. The van der Waals surface area contributed by atoms with Gasteiger partial charge < -0.3 is 9.84 Å². The Hall–Kier alpha value is -2.90. The average Bonchev–Trinajstić information content (AvgIpc) is 2.73. The first kappa shape index (κ1) is 20.8. The number of carbonyl (C=O) groups excluding carboxylic acids is 1. The summed E-state index contributed by atoms with van der Waals surface area (Å²) in [7, 11) is 0. The number of rotatable bonds is 8. The van der Waals surface area contributed by atoms with E-state index in [0.29, 0.717) is 18.9 Å². The number of nitrogens with one attached hydrogen (secondary N) is 1. The molecule has 0 atom stereocenters. The van der Waals surface area contributed by atoms with Crippen LogP contribution in [0.3, 0.4) is 0 Å². The standard InChI is InChI=1S/C22H28N4O3/c1-2-29-21-14-19(8-9-20(21)27)15-23-24-22(28)17-26-12-10-25(11-13-26)16-18-6-4-3-5-7-18/h3-9,14-15,27H,2,10-13,16-17H2,1H3,(H,24,28). The molecule has 7 nitrogen and oxygen atoms in total. The molecule has 0 spiro atoms. The third kappa shape index (κ3) is 6.58. The maximum atomic E-state index is 12.2. The molecule has 29 heavy (non-hydrogen) atoms. The van der Waals surface area contributed by atoms with Gasteiger partial charge in [0.1, 0.15) is 0 Å². The van der Waals surface area contributed by atoms with Gasteiger partial charge in [-0.05, 0) is 36.2 Å². The number of piperazine rings is 1. The van der Waals surface area contributed by atoms with Gasteiger partial charge in [0.25, 0.3) is 5.91 Å². The van der Waals surface area contributed by atoms with Crippen LogP contribution in [-0.4, -0.2) is 66.4 Å². The van der Waals surface area contributed by atoms with Gasteiger partial charge >= 0.3 is 0 Å². The highest BCUT2D eigenvalue weighted by Crippen LogP contribution is 2.26. The summed E-state index contributed by atoms with van der Waals surface area (Å²) in [6.45, 7) is 7.20. The molecule has 2 N–H and O–H groups in total. The summed E-state index contributed by atoms with van der Waals surface area (Å²) in [5.41, 5.74) is 4.62. The van der Waals surface area contributed by atoms with Crippen molar-refractivity contribution in [3.63, 3.8) is 0 Å². The van der Waals surface area contributed by atoms with Crippen LogP contribution in [0.2, 0.25) is 0 Å². The zero-order valence-corrected chi connectivity index (χ0v) is 16.8. The van der Waals surface area contributed by atoms with E-state index in [-0.39, 0.29) is 11.7 Å². The zero-order valence-electron chi connectivity index (χ0n) is 16.8. The molecule has 7 heteroatoms. The molecule has 154 valence electrons. The molecular formula is C22H28N4O3. The van der Waals surface area contributed by atoms with Gasteiger partial charge in [0.2, 0.25) is 0 Å². The smallest absolute Gasteiger partial charge is 0.254 e. The van der Waals surface area contributed by atoms with Crippen molar-refractivity contribution in [2.45, 2.75) is 13.5 Å². The zero-order chi connectivity index (χ0) is 20.5. The van der Waals surface area contributed by atoms with E-state index in [9.17, 15) is 9.90 Å². The number of hydrogen-bond donors (Lipinski definition) is 2. The Balaban J connectivity index is 1.40.